The second-order valence-electron chi connectivity index (χ2n) is 6.04. The van der Waals surface area contributed by atoms with Crippen molar-refractivity contribution < 1.29 is 14.0 Å². The molecule has 0 heterocycles. The summed E-state index contributed by atoms with van der Waals surface area (Å²) in [5.74, 6) is -0.674. The fourth-order valence-electron chi connectivity index (χ4n) is 2.41. The first-order valence-electron chi connectivity index (χ1n) is 8.27. The molecule has 0 aliphatic carbocycles. The number of benzene rings is 2. The number of aryl methyl sites for hydroxylation is 1. The van der Waals surface area contributed by atoms with Crippen LogP contribution in [0, 0.1) is 12.7 Å². The number of nitrogens with one attached hydrogen (secondary N) is 1. The number of halogens is 1. The molecule has 5 heteroatoms. The van der Waals surface area contributed by atoms with Crippen molar-refractivity contribution in [2.45, 2.75) is 33.4 Å². The number of nitrogens with zero attached hydrogens (tertiary/aromatic N) is 1. The summed E-state index contributed by atoms with van der Waals surface area (Å²) in [5, 5.41) is 2.84. The Morgan fingerprint density at radius 1 is 1.08 bits per heavy atom. The van der Waals surface area contributed by atoms with Crippen LogP contribution in [0.2, 0.25) is 0 Å². The lowest BCUT2D eigenvalue weighted by Gasteiger charge is -2.21. The average Bonchev–Trinajstić information content (AvgIpc) is 2.59. The van der Waals surface area contributed by atoms with Gasteiger partial charge in [-0.15, -0.1) is 0 Å². The fourth-order valence-corrected chi connectivity index (χ4v) is 2.41. The molecule has 0 atom stereocenters. The Morgan fingerprint density at radius 3 is 2.40 bits per heavy atom. The molecule has 0 fully saturated rings. The van der Waals surface area contributed by atoms with Gasteiger partial charge in [0.1, 0.15) is 5.82 Å². The molecule has 132 valence electrons. The molecule has 2 amide bonds. The number of hydrogen-bond donors (Lipinski definition) is 1. The van der Waals surface area contributed by atoms with Crippen LogP contribution < -0.4 is 5.32 Å². The summed E-state index contributed by atoms with van der Waals surface area (Å²) >= 11 is 0. The van der Waals surface area contributed by atoms with Crippen molar-refractivity contribution in [3.63, 3.8) is 0 Å². The van der Waals surface area contributed by atoms with Crippen molar-refractivity contribution in [3.8, 4) is 0 Å². The van der Waals surface area contributed by atoms with Crippen molar-refractivity contribution in [1.29, 1.82) is 0 Å². The highest BCUT2D eigenvalue weighted by Crippen LogP contribution is 2.10. The smallest absolute Gasteiger partial charge is 0.222 e. The summed E-state index contributed by atoms with van der Waals surface area (Å²) in [5.41, 5.74) is 2.63. The van der Waals surface area contributed by atoms with E-state index in [0.717, 1.165) is 5.56 Å². The summed E-state index contributed by atoms with van der Waals surface area (Å²) in [7, 11) is 0. The van der Waals surface area contributed by atoms with Gasteiger partial charge in [0, 0.05) is 38.5 Å². The normalized spacial score (nSPS) is 10.4. The molecule has 0 unspecified atom stereocenters. The van der Waals surface area contributed by atoms with Crippen molar-refractivity contribution >= 4 is 11.8 Å². The first kappa shape index (κ1) is 18.6. The largest absolute Gasteiger partial charge is 0.352 e. The minimum absolute atomic E-state index is 0.139. The van der Waals surface area contributed by atoms with Gasteiger partial charge in [-0.05, 0) is 18.6 Å². The van der Waals surface area contributed by atoms with Gasteiger partial charge in [-0.1, -0.05) is 48.0 Å². The van der Waals surface area contributed by atoms with E-state index < -0.39 is 0 Å². The van der Waals surface area contributed by atoms with Crippen LogP contribution in [0.25, 0.3) is 0 Å². The minimum Gasteiger partial charge on any atom is -0.352 e. The van der Waals surface area contributed by atoms with Crippen LogP contribution in [-0.2, 0) is 22.7 Å². The number of hydrogen-bond acceptors (Lipinski definition) is 2. The van der Waals surface area contributed by atoms with Crippen LogP contribution in [0.4, 0.5) is 4.39 Å². The quantitative estimate of drug-likeness (QED) is 0.840. The van der Waals surface area contributed by atoms with E-state index in [-0.39, 0.29) is 37.1 Å². The molecule has 0 aliphatic rings. The molecule has 0 bridgehead atoms. The predicted molar refractivity (Wildman–Crippen MR) is 95.1 cm³/mol. The zero-order valence-corrected chi connectivity index (χ0v) is 14.6. The van der Waals surface area contributed by atoms with Gasteiger partial charge in [-0.2, -0.15) is 0 Å². The van der Waals surface area contributed by atoms with Gasteiger partial charge >= 0.3 is 0 Å². The van der Waals surface area contributed by atoms with Gasteiger partial charge < -0.3 is 10.2 Å². The third kappa shape index (κ3) is 6.03. The molecule has 0 radical (unpaired) electrons. The maximum absolute atomic E-state index is 13.7. The highest BCUT2D eigenvalue weighted by molar-refractivity contribution is 5.78. The Bertz CT molecular complexity index is 729. The molecule has 0 saturated heterocycles. The summed E-state index contributed by atoms with van der Waals surface area (Å²) in [6.45, 7) is 4.29. The third-order valence-corrected chi connectivity index (χ3v) is 3.98. The molecular formula is C20H23FN2O2. The lowest BCUT2D eigenvalue weighted by molar-refractivity contribution is -0.130. The Hall–Kier alpha value is -2.69. The van der Waals surface area contributed by atoms with E-state index in [1.807, 2.05) is 31.2 Å². The highest BCUT2D eigenvalue weighted by atomic mass is 19.1. The minimum atomic E-state index is -0.349. The van der Waals surface area contributed by atoms with Gasteiger partial charge in [-0.3, -0.25) is 9.59 Å². The third-order valence-electron chi connectivity index (χ3n) is 3.98. The van der Waals surface area contributed by atoms with Gasteiger partial charge in [0.15, 0.2) is 0 Å². The molecular weight excluding hydrogens is 319 g/mol. The standard InChI is InChI=1S/C20H23FN2O2/c1-15-7-9-17(10-8-15)13-22-20(25)11-12-23(16(2)24)14-18-5-3-4-6-19(18)21/h3-10H,11-14H2,1-2H3,(H,22,25). The van der Waals surface area contributed by atoms with Gasteiger partial charge in [0.25, 0.3) is 0 Å². The van der Waals surface area contributed by atoms with E-state index in [1.54, 1.807) is 18.2 Å². The van der Waals surface area contributed by atoms with Crippen LogP contribution in [-0.4, -0.2) is 23.3 Å². The molecule has 0 spiro atoms. The van der Waals surface area contributed by atoms with Crippen LogP contribution in [0.5, 0.6) is 0 Å². The lowest BCUT2D eigenvalue weighted by Crippen LogP contribution is -2.33. The van der Waals surface area contributed by atoms with Crippen molar-refractivity contribution in [3.05, 3.63) is 71.0 Å². The Kier molecular flexibility index (Phi) is 6.69. The first-order chi connectivity index (χ1) is 12.0. The zero-order valence-electron chi connectivity index (χ0n) is 14.6. The summed E-state index contributed by atoms with van der Waals surface area (Å²) in [6, 6.07) is 14.3. The fraction of sp³-hybridized carbons (Fsp3) is 0.300. The summed E-state index contributed by atoms with van der Waals surface area (Å²) in [4.78, 5) is 25.2. The average molecular weight is 342 g/mol. The second kappa shape index (κ2) is 8.97. The van der Waals surface area contributed by atoms with Crippen LogP contribution in [0.1, 0.15) is 30.0 Å². The monoisotopic (exact) mass is 342 g/mol. The second-order valence-corrected chi connectivity index (χ2v) is 6.04. The topological polar surface area (TPSA) is 49.4 Å². The predicted octanol–water partition coefficient (Wildman–Crippen LogP) is 3.19. The maximum atomic E-state index is 13.7. The first-order valence-corrected chi connectivity index (χ1v) is 8.27. The SMILES string of the molecule is CC(=O)N(CCC(=O)NCc1ccc(C)cc1)Cc1ccccc1F. The van der Waals surface area contributed by atoms with E-state index in [2.05, 4.69) is 5.32 Å². The molecule has 2 aromatic rings. The van der Waals surface area contributed by atoms with E-state index in [0.29, 0.717) is 12.1 Å². The van der Waals surface area contributed by atoms with Crippen LogP contribution in [0.15, 0.2) is 48.5 Å². The maximum Gasteiger partial charge on any atom is 0.222 e. The Morgan fingerprint density at radius 2 is 1.76 bits per heavy atom. The van der Waals surface area contributed by atoms with Crippen LogP contribution >= 0.6 is 0 Å². The van der Waals surface area contributed by atoms with Gasteiger partial charge in [0.2, 0.25) is 11.8 Å². The van der Waals surface area contributed by atoms with Gasteiger partial charge in [0.05, 0.1) is 0 Å². The lowest BCUT2D eigenvalue weighted by atomic mass is 10.1. The van der Waals surface area contributed by atoms with Gasteiger partial charge in [-0.25, -0.2) is 4.39 Å². The molecule has 25 heavy (non-hydrogen) atoms. The molecule has 4 nitrogen and oxygen atoms in total. The van der Waals surface area contributed by atoms with Crippen LogP contribution in [0.3, 0.4) is 0 Å². The van der Waals surface area contributed by atoms with E-state index in [4.69, 9.17) is 0 Å². The van der Waals surface area contributed by atoms with E-state index in [1.165, 1.54) is 23.5 Å². The van der Waals surface area contributed by atoms with Crippen molar-refractivity contribution in [2.75, 3.05) is 6.54 Å². The summed E-state index contributed by atoms with van der Waals surface area (Å²) in [6.07, 6.45) is 0.180. The number of rotatable bonds is 7. The van der Waals surface area contributed by atoms with Crippen molar-refractivity contribution in [2.24, 2.45) is 0 Å². The Labute approximate surface area is 147 Å². The molecule has 0 saturated carbocycles. The van der Waals surface area contributed by atoms with E-state index in [9.17, 15) is 14.0 Å². The van der Waals surface area contributed by atoms with E-state index >= 15 is 0 Å². The Balaban J connectivity index is 1.83. The molecule has 2 aromatic carbocycles. The molecule has 0 aliphatic heterocycles. The number of carbonyl (C=O) groups is 2. The highest BCUT2D eigenvalue weighted by Gasteiger charge is 2.13. The molecule has 0 aromatic heterocycles. The number of amides is 2. The molecule has 2 rings (SSSR count). The molecule has 1 N–H and O–H groups in total. The number of carbonyl (C=O) groups excluding carboxylic acids is 2. The van der Waals surface area contributed by atoms with Crippen molar-refractivity contribution in [1.82, 2.24) is 10.2 Å². The summed E-state index contributed by atoms with van der Waals surface area (Å²) < 4.78 is 13.7. The zero-order chi connectivity index (χ0) is 18.2.